The van der Waals surface area contributed by atoms with Crippen molar-refractivity contribution in [3.63, 3.8) is 0 Å². The number of nitrogens with one attached hydrogen (secondary N) is 1. The Bertz CT molecular complexity index is 204. The molecule has 3 heteroatoms. The van der Waals surface area contributed by atoms with Crippen molar-refractivity contribution in [1.29, 1.82) is 0 Å². The van der Waals surface area contributed by atoms with Crippen LogP contribution in [0.4, 0.5) is 0 Å². The summed E-state index contributed by atoms with van der Waals surface area (Å²) in [6, 6.07) is 0. The van der Waals surface area contributed by atoms with Gasteiger partial charge in [-0.1, -0.05) is 12.2 Å². The highest BCUT2D eigenvalue weighted by Crippen LogP contribution is 1.99. The van der Waals surface area contributed by atoms with Crippen LogP contribution in [0.3, 0.4) is 0 Å². The fourth-order valence-electron chi connectivity index (χ4n) is 0.747. The molecule has 0 saturated heterocycles. The maximum atomic E-state index is 10.8. The van der Waals surface area contributed by atoms with Crippen LogP contribution < -0.4 is 11.1 Å². The number of hydrogen-bond donors (Lipinski definition) is 2. The van der Waals surface area contributed by atoms with Gasteiger partial charge >= 0.3 is 0 Å². The van der Waals surface area contributed by atoms with Gasteiger partial charge in [0, 0.05) is 6.08 Å². The minimum Gasteiger partial charge on any atom is -0.331 e. The number of carbonyl (C=O) groups is 1. The summed E-state index contributed by atoms with van der Waals surface area (Å²) in [6.45, 7) is 1.73. The average Bonchev–Trinajstić information content (AvgIpc) is 1.90. The third kappa shape index (κ3) is 1.70. The van der Waals surface area contributed by atoms with Gasteiger partial charge < -0.3 is 11.1 Å². The van der Waals surface area contributed by atoms with Crippen LogP contribution >= 0.6 is 0 Å². The Hall–Kier alpha value is -1.09. The number of amides is 1. The van der Waals surface area contributed by atoms with Crippen molar-refractivity contribution in [3.8, 4) is 0 Å². The van der Waals surface area contributed by atoms with Crippen LogP contribution in [0.15, 0.2) is 24.3 Å². The van der Waals surface area contributed by atoms with Crippen LogP contribution in [0.25, 0.3) is 0 Å². The summed E-state index contributed by atoms with van der Waals surface area (Å²) in [5.41, 5.74) is 4.90. The number of rotatable bonds is 0. The SMILES string of the molecule is CC1(N)C=CC=CC(=O)N1. The first kappa shape index (κ1) is 7.02. The van der Waals surface area contributed by atoms with Gasteiger partial charge in [0.05, 0.1) is 0 Å². The number of allylic oxidation sites excluding steroid dienone is 2. The maximum absolute atomic E-state index is 10.8. The normalized spacial score (nSPS) is 31.6. The van der Waals surface area contributed by atoms with Gasteiger partial charge in [-0.3, -0.25) is 4.79 Å². The van der Waals surface area contributed by atoms with Gasteiger partial charge in [0.2, 0.25) is 5.91 Å². The molecule has 3 nitrogen and oxygen atoms in total. The molecule has 3 N–H and O–H groups in total. The zero-order valence-corrected chi connectivity index (χ0v) is 5.79. The van der Waals surface area contributed by atoms with Gasteiger partial charge in [-0.05, 0) is 13.0 Å². The van der Waals surface area contributed by atoms with Crippen molar-refractivity contribution in [1.82, 2.24) is 5.32 Å². The second kappa shape index (κ2) is 2.27. The smallest absolute Gasteiger partial charge is 0.245 e. The summed E-state index contributed by atoms with van der Waals surface area (Å²) in [6.07, 6.45) is 6.58. The standard InChI is InChI=1S/C7H10N2O/c1-7(8)5-3-2-4-6(10)9-7/h2-5H,8H2,1H3,(H,9,10). The quantitative estimate of drug-likeness (QED) is 0.491. The molecule has 0 fully saturated rings. The molecule has 0 aromatic carbocycles. The van der Waals surface area contributed by atoms with Crippen molar-refractivity contribution in [3.05, 3.63) is 24.3 Å². The van der Waals surface area contributed by atoms with Crippen LogP contribution in [-0.4, -0.2) is 11.6 Å². The first-order valence-electron chi connectivity index (χ1n) is 3.07. The van der Waals surface area contributed by atoms with E-state index in [0.29, 0.717) is 0 Å². The van der Waals surface area contributed by atoms with E-state index in [0.717, 1.165) is 0 Å². The van der Waals surface area contributed by atoms with Gasteiger partial charge in [0.15, 0.2) is 0 Å². The van der Waals surface area contributed by atoms with Gasteiger partial charge in [-0.15, -0.1) is 0 Å². The van der Waals surface area contributed by atoms with Crippen LogP contribution in [0.1, 0.15) is 6.92 Å². The van der Waals surface area contributed by atoms with Gasteiger partial charge in [-0.25, -0.2) is 0 Å². The lowest BCUT2D eigenvalue weighted by molar-refractivity contribution is -0.117. The van der Waals surface area contributed by atoms with Crippen LogP contribution in [0.2, 0.25) is 0 Å². The lowest BCUT2D eigenvalue weighted by atomic mass is 10.2. The van der Waals surface area contributed by atoms with Crippen molar-refractivity contribution in [2.75, 3.05) is 0 Å². The zero-order chi connectivity index (χ0) is 7.61. The third-order valence-corrected chi connectivity index (χ3v) is 1.19. The summed E-state index contributed by atoms with van der Waals surface area (Å²) in [5, 5.41) is 2.58. The van der Waals surface area contributed by atoms with Crippen molar-refractivity contribution < 1.29 is 4.79 Å². The van der Waals surface area contributed by atoms with E-state index in [1.807, 2.05) is 0 Å². The summed E-state index contributed by atoms with van der Waals surface area (Å²) in [4.78, 5) is 10.8. The van der Waals surface area contributed by atoms with Crippen LogP contribution in [0.5, 0.6) is 0 Å². The molecule has 1 heterocycles. The molecular formula is C7H10N2O. The Morgan fingerprint density at radius 3 is 3.00 bits per heavy atom. The fraction of sp³-hybridized carbons (Fsp3) is 0.286. The Morgan fingerprint density at radius 1 is 1.60 bits per heavy atom. The van der Waals surface area contributed by atoms with Crippen molar-refractivity contribution in [2.45, 2.75) is 12.6 Å². The Balaban J connectivity index is 2.79. The Kier molecular flexibility index (Phi) is 1.59. The lowest BCUT2D eigenvalue weighted by Crippen LogP contribution is -2.50. The van der Waals surface area contributed by atoms with Crippen LogP contribution in [0, 0.1) is 0 Å². The molecule has 0 radical (unpaired) electrons. The van der Waals surface area contributed by atoms with E-state index < -0.39 is 5.66 Å². The summed E-state index contributed by atoms with van der Waals surface area (Å²) in [7, 11) is 0. The predicted octanol–water partition coefficient (Wildman–Crippen LogP) is -0.0965. The first-order valence-corrected chi connectivity index (χ1v) is 3.07. The minimum atomic E-state index is -0.708. The van der Waals surface area contributed by atoms with Crippen molar-refractivity contribution >= 4 is 5.91 Å². The molecule has 1 amide bonds. The molecule has 1 aliphatic rings. The zero-order valence-electron chi connectivity index (χ0n) is 5.79. The number of nitrogens with two attached hydrogens (primary N) is 1. The molecular weight excluding hydrogens is 128 g/mol. The molecule has 1 rings (SSSR count). The molecule has 1 atom stereocenters. The lowest BCUT2D eigenvalue weighted by Gasteiger charge is -2.19. The molecule has 0 aromatic heterocycles. The van der Waals surface area contributed by atoms with Crippen molar-refractivity contribution in [2.24, 2.45) is 5.73 Å². The highest BCUT2D eigenvalue weighted by molar-refractivity contribution is 5.89. The van der Waals surface area contributed by atoms with Crippen LogP contribution in [-0.2, 0) is 4.79 Å². The van der Waals surface area contributed by atoms with Gasteiger partial charge in [-0.2, -0.15) is 0 Å². The topological polar surface area (TPSA) is 55.1 Å². The highest BCUT2D eigenvalue weighted by Gasteiger charge is 2.16. The molecule has 0 aromatic rings. The third-order valence-electron chi connectivity index (χ3n) is 1.19. The van der Waals surface area contributed by atoms with Gasteiger partial charge in [0.1, 0.15) is 5.66 Å². The first-order chi connectivity index (χ1) is 4.60. The summed E-state index contributed by atoms with van der Waals surface area (Å²) >= 11 is 0. The van der Waals surface area contributed by atoms with E-state index in [1.54, 1.807) is 25.2 Å². The van der Waals surface area contributed by atoms with Gasteiger partial charge in [0.25, 0.3) is 0 Å². The molecule has 0 spiro atoms. The fourth-order valence-corrected chi connectivity index (χ4v) is 0.747. The maximum Gasteiger partial charge on any atom is 0.245 e. The number of hydrogen-bond acceptors (Lipinski definition) is 2. The van der Waals surface area contributed by atoms with E-state index in [2.05, 4.69) is 5.32 Å². The molecule has 1 unspecified atom stereocenters. The highest BCUT2D eigenvalue weighted by atomic mass is 16.1. The minimum absolute atomic E-state index is 0.157. The largest absolute Gasteiger partial charge is 0.331 e. The van der Waals surface area contributed by atoms with E-state index in [9.17, 15) is 4.79 Å². The summed E-state index contributed by atoms with van der Waals surface area (Å²) < 4.78 is 0. The second-order valence-corrected chi connectivity index (χ2v) is 2.49. The summed E-state index contributed by atoms with van der Waals surface area (Å²) in [5.74, 6) is -0.157. The molecule has 0 aliphatic carbocycles. The van der Waals surface area contributed by atoms with E-state index >= 15 is 0 Å². The predicted molar refractivity (Wildman–Crippen MR) is 39.0 cm³/mol. The second-order valence-electron chi connectivity index (χ2n) is 2.49. The molecule has 0 bridgehead atoms. The van der Waals surface area contributed by atoms with E-state index in [1.165, 1.54) is 6.08 Å². The van der Waals surface area contributed by atoms with E-state index in [-0.39, 0.29) is 5.91 Å². The Morgan fingerprint density at radius 2 is 2.30 bits per heavy atom. The van der Waals surface area contributed by atoms with E-state index in [4.69, 9.17) is 5.73 Å². The average molecular weight is 138 g/mol. The molecule has 54 valence electrons. The monoisotopic (exact) mass is 138 g/mol. The molecule has 1 aliphatic heterocycles. The molecule has 0 saturated carbocycles. The Labute approximate surface area is 59.6 Å². The molecule has 10 heavy (non-hydrogen) atoms. The number of carbonyl (C=O) groups excluding carboxylic acids is 1.